The van der Waals surface area contributed by atoms with Gasteiger partial charge in [0.2, 0.25) is 0 Å². The molecule has 1 aromatic carbocycles. The van der Waals surface area contributed by atoms with Crippen LogP contribution in [0.5, 0.6) is 0 Å². The average Bonchev–Trinajstić information content (AvgIpc) is 2.28. The normalized spacial score (nSPS) is 11.1. The molecule has 3 heteroatoms. The van der Waals surface area contributed by atoms with Crippen LogP contribution in [0, 0.1) is 12.8 Å². The van der Waals surface area contributed by atoms with Crippen molar-refractivity contribution in [3.8, 4) is 0 Å². The van der Waals surface area contributed by atoms with Crippen molar-refractivity contribution < 1.29 is 9.63 Å². The van der Waals surface area contributed by atoms with Gasteiger partial charge in [-0.3, -0.25) is 9.63 Å². The minimum absolute atomic E-state index is 0.244. The number of carbonyl (C=O) groups is 1. The summed E-state index contributed by atoms with van der Waals surface area (Å²) < 4.78 is 0. The quantitative estimate of drug-likeness (QED) is 0.627. The van der Waals surface area contributed by atoms with Gasteiger partial charge >= 0.3 is 0 Å². The molecule has 0 aromatic heterocycles. The smallest absolute Gasteiger partial charge is 0.267 e. The Labute approximate surface area is 102 Å². The molecule has 0 unspecified atom stereocenters. The largest absolute Gasteiger partial charge is 0.273 e. The fraction of sp³-hybridized carbons (Fsp3) is 0.357. The summed E-state index contributed by atoms with van der Waals surface area (Å²) >= 11 is 0. The van der Waals surface area contributed by atoms with E-state index in [1.165, 1.54) is 11.6 Å². The number of hydrogen-bond acceptors (Lipinski definition) is 2. The molecule has 0 spiro atoms. The van der Waals surface area contributed by atoms with Crippen LogP contribution in [0.2, 0.25) is 0 Å². The maximum Gasteiger partial charge on any atom is 0.267 e. The highest BCUT2D eigenvalue weighted by Gasteiger charge is 1.97. The Morgan fingerprint density at radius 1 is 1.35 bits per heavy atom. The zero-order valence-corrected chi connectivity index (χ0v) is 10.6. The number of hydroxylamine groups is 1. The molecular weight excluding hydrogens is 214 g/mol. The summed E-state index contributed by atoms with van der Waals surface area (Å²) in [6.45, 7) is 6.59. The Morgan fingerprint density at radius 2 is 2.00 bits per heavy atom. The van der Waals surface area contributed by atoms with E-state index < -0.39 is 0 Å². The summed E-state index contributed by atoms with van der Waals surface area (Å²) in [5, 5.41) is 0. The van der Waals surface area contributed by atoms with Crippen LogP contribution < -0.4 is 5.48 Å². The van der Waals surface area contributed by atoms with Crippen LogP contribution in [-0.2, 0) is 9.63 Å². The summed E-state index contributed by atoms with van der Waals surface area (Å²) in [6.07, 6.45) is 3.22. The maximum absolute atomic E-state index is 11.3. The predicted molar refractivity (Wildman–Crippen MR) is 69.1 cm³/mol. The Bertz CT molecular complexity index is 380. The SMILES string of the molecule is Cc1ccc(/C=C/C(=O)NOCC(C)C)cc1. The van der Waals surface area contributed by atoms with Crippen LogP contribution in [-0.4, -0.2) is 12.5 Å². The van der Waals surface area contributed by atoms with Gasteiger partial charge in [0.25, 0.3) is 5.91 Å². The van der Waals surface area contributed by atoms with Crippen molar-refractivity contribution in [2.24, 2.45) is 5.92 Å². The highest BCUT2D eigenvalue weighted by atomic mass is 16.6. The first kappa shape index (κ1) is 13.5. The van der Waals surface area contributed by atoms with Crippen LogP contribution in [0.25, 0.3) is 6.08 Å². The number of rotatable bonds is 5. The van der Waals surface area contributed by atoms with Gasteiger partial charge in [-0.1, -0.05) is 43.7 Å². The Hall–Kier alpha value is -1.61. The van der Waals surface area contributed by atoms with Gasteiger partial charge in [0.15, 0.2) is 0 Å². The zero-order valence-electron chi connectivity index (χ0n) is 10.6. The molecule has 1 amide bonds. The fourth-order valence-electron chi connectivity index (χ4n) is 1.16. The molecule has 0 saturated heterocycles. The second kappa shape index (κ2) is 6.86. The standard InChI is InChI=1S/C14H19NO2/c1-11(2)10-17-15-14(16)9-8-13-6-4-12(3)5-7-13/h4-9,11H,10H2,1-3H3,(H,15,16)/b9-8+. The van der Waals surface area contributed by atoms with Gasteiger partial charge in [0.05, 0.1) is 6.61 Å². The molecule has 0 saturated carbocycles. The first-order valence-corrected chi connectivity index (χ1v) is 5.74. The first-order valence-electron chi connectivity index (χ1n) is 5.74. The molecule has 0 aliphatic carbocycles. The molecular formula is C14H19NO2. The van der Waals surface area contributed by atoms with Crippen molar-refractivity contribution in [1.82, 2.24) is 5.48 Å². The zero-order chi connectivity index (χ0) is 12.7. The molecule has 0 aliphatic heterocycles. The third kappa shape index (κ3) is 5.88. The predicted octanol–water partition coefficient (Wildman–Crippen LogP) is 2.71. The van der Waals surface area contributed by atoms with Gasteiger partial charge in [0, 0.05) is 6.08 Å². The van der Waals surface area contributed by atoms with Crippen molar-refractivity contribution in [1.29, 1.82) is 0 Å². The summed E-state index contributed by atoms with van der Waals surface area (Å²) in [5.41, 5.74) is 4.57. The van der Waals surface area contributed by atoms with Crippen LogP contribution in [0.1, 0.15) is 25.0 Å². The molecule has 17 heavy (non-hydrogen) atoms. The van der Waals surface area contributed by atoms with E-state index in [1.807, 2.05) is 45.0 Å². The van der Waals surface area contributed by atoms with Gasteiger partial charge in [-0.15, -0.1) is 0 Å². The Balaban J connectivity index is 2.37. The van der Waals surface area contributed by atoms with Gasteiger partial charge in [0.1, 0.15) is 0 Å². The average molecular weight is 233 g/mol. The number of hydrogen-bond donors (Lipinski definition) is 1. The number of carbonyl (C=O) groups excluding carboxylic acids is 1. The molecule has 3 nitrogen and oxygen atoms in total. The molecule has 0 fully saturated rings. The molecule has 0 atom stereocenters. The van der Waals surface area contributed by atoms with E-state index in [1.54, 1.807) is 6.08 Å². The van der Waals surface area contributed by atoms with Crippen molar-refractivity contribution in [3.05, 3.63) is 41.5 Å². The molecule has 1 aromatic rings. The van der Waals surface area contributed by atoms with E-state index in [2.05, 4.69) is 5.48 Å². The van der Waals surface area contributed by atoms with Gasteiger partial charge in [-0.2, -0.15) is 0 Å². The number of amides is 1. The number of nitrogens with one attached hydrogen (secondary N) is 1. The number of benzene rings is 1. The van der Waals surface area contributed by atoms with Crippen LogP contribution in [0.15, 0.2) is 30.3 Å². The van der Waals surface area contributed by atoms with Gasteiger partial charge < -0.3 is 0 Å². The lowest BCUT2D eigenvalue weighted by Gasteiger charge is -2.05. The lowest BCUT2D eigenvalue weighted by atomic mass is 10.1. The van der Waals surface area contributed by atoms with E-state index in [0.29, 0.717) is 12.5 Å². The fourth-order valence-corrected chi connectivity index (χ4v) is 1.16. The number of aryl methyl sites for hydroxylation is 1. The molecule has 1 rings (SSSR count). The minimum Gasteiger partial charge on any atom is -0.273 e. The Kier molecular flexibility index (Phi) is 5.43. The summed E-state index contributed by atoms with van der Waals surface area (Å²) in [6, 6.07) is 7.95. The van der Waals surface area contributed by atoms with Crippen molar-refractivity contribution in [3.63, 3.8) is 0 Å². The third-order valence-electron chi connectivity index (χ3n) is 2.09. The first-order chi connectivity index (χ1) is 8.08. The van der Waals surface area contributed by atoms with E-state index in [0.717, 1.165) is 5.56 Å². The van der Waals surface area contributed by atoms with Crippen molar-refractivity contribution in [2.75, 3.05) is 6.61 Å². The van der Waals surface area contributed by atoms with Crippen LogP contribution >= 0.6 is 0 Å². The van der Waals surface area contributed by atoms with E-state index in [4.69, 9.17) is 4.84 Å². The van der Waals surface area contributed by atoms with Crippen LogP contribution in [0.4, 0.5) is 0 Å². The second-order valence-corrected chi connectivity index (χ2v) is 4.42. The summed E-state index contributed by atoms with van der Waals surface area (Å²) in [7, 11) is 0. The third-order valence-corrected chi connectivity index (χ3v) is 2.09. The molecule has 0 heterocycles. The van der Waals surface area contributed by atoms with Gasteiger partial charge in [-0.05, 0) is 24.5 Å². The van der Waals surface area contributed by atoms with E-state index in [-0.39, 0.29) is 5.91 Å². The Morgan fingerprint density at radius 3 is 2.59 bits per heavy atom. The van der Waals surface area contributed by atoms with E-state index in [9.17, 15) is 4.79 Å². The molecule has 0 aliphatic rings. The molecule has 0 radical (unpaired) electrons. The van der Waals surface area contributed by atoms with Gasteiger partial charge in [-0.25, -0.2) is 5.48 Å². The highest BCUT2D eigenvalue weighted by molar-refractivity contribution is 5.90. The minimum atomic E-state index is -0.244. The summed E-state index contributed by atoms with van der Waals surface area (Å²) in [4.78, 5) is 16.4. The lowest BCUT2D eigenvalue weighted by molar-refractivity contribution is -0.129. The molecule has 1 N–H and O–H groups in total. The topological polar surface area (TPSA) is 38.3 Å². The second-order valence-electron chi connectivity index (χ2n) is 4.42. The van der Waals surface area contributed by atoms with Crippen molar-refractivity contribution in [2.45, 2.75) is 20.8 Å². The molecule has 92 valence electrons. The maximum atomic E-state index is 11.3. The summed E-state index contributed by atoms with van der Waals surface area (Å²) in [5.74, 6) is 0.155. The molecule has 0 bridgehead atoms. The lowest BCUT2D eigenvalue weighted by Crippen LogP contribution is -2.23. The van der Waals surface area contributed by atoms with Crippen molar-refractivity contribution >= 4 is 12.0 Å². The monoisotopic (exact) mass is 233 g/mol. The highest BCUT2D eigenvalue weighted by Crippen LogP contribution is 2.04. The van der Waals surface area contributed by atoms with E-state index >= 15 is 0 Å². The van der Waals surface area contributed by atoms with Crippen LogP contribution in [0.3, 0.4) is 0 Å².